The maximum Gasteiger partial charge on any atom is 0.337 e. The van der Waals surface area contributed by atoms with E-state index in [0.29, 0.717) is 0 Å². The molecule has 0 aliphatic carbocycles. The average molecular weight is 335 g/mol. The van der Waals surface area contributed by atoms with Crippen molar-refractivity contribution in [1.82, 2.24) is 0 Å². The highest BCUT2D eigenvalue weighted by molar-refractivity contribution is 9.10. The molecule has 5 nitrogen and oxygen atoms in total. The Bertz CT molecular complexity index is 466. The van der Waals surface area contributed by atoms with Crippen molar-refractivity contribution in [2.75, 3.05) is 20.3 Å². The molecule has 0 saturated heterocycles. The van der Waals surface area contributed by atoms with E-state index in [9.17, 15) is 14.0 Å². The van der Waals surface area contributed by atoms with Crippen molar-refractivity contribution in [2.24, 2.45) is 0 Å². The van der Waals surface area contributed by atoms with E-state index in [2.05, 4.69) is 25.4 Å². The van der Waals surface area contributed by atoms with E-state index in [4.69, 9.17) is 4.74 Å². The molecule has 1 aromatic carbocycles. The molecule has 0 aliphatic rings. The van der Waals surface area contributed by atoms with Crippen molar-refractivity contribution in [3.8, 4) is 5.75 Å². The van der Waals surface area contributed by atoms with Crippen LogP contribution in [0.1, 0.15) is 17.3 Å². The molecule has 1 rings (SSSR count). The molecular weight excluding hydrogens is 323 g/mol. The highest BCUT2D eigenvalue weighted by Gasteiger charge is 2.15. The summed E-state index contributed by atoms with van der Waals surface area (Å²) in [4.78, 5) is 21.8. The van der Waals surface area contributed by atoms with Crippen molar-refractivity contribution in [1.29, 1.82) is 0 Å². The number of hydrogen-bond donors (Lipinski definition) is 0. The molecule has 0 N–H and O–H groups in total. The number of benzene rings is 1. The quantitative estimate of drug-likeness (QED) is 0.610. The average Bonchev–Trinajstić information content (AvgIpc) is 2.35. The first-order chi connectivity index (χ1) is 8.95. The van der Waals surface area contributed by atoms with Gasteiger partial charge in [-0.1, -0.05) is 0 Å². The SMILES string of the molecule is COC(=O)c1cc(F)c(OCCOC(C)=O)c(Br)c1. The lowest BCUT2D eigenvalue weighted by Gasteiger charge is -2.10. The number of carbonyl (C=O) groups is 2. The zero-order chi connectivity index (χ0) is 14.4. The van der Waals surface area contributed by atoms with E-state index in [0.717, 1.165) is 6.07 Å². The summed E-state index contributed by atoms with van der Waals surface area (Å²) < 4.78 is 28.3. The first-order valence-electron chi connectivity index (χ1n) is 5.29. The largest absolute Gasteiger partial charge is 0.486 e. The number of carbonyl (C=O) groups excluding carboxylic acids is 2. The van der Waals surface area contributed by atoms with Crippen LogP contribution < -0.4 is 4.74 Å². The van der Waals surface area contributed by atoms with Crippen LogP contribution in [0.5, 0.6) is 5.75 Å². The summed E-state index contributed by atoms with van der Waals surface area (Å²) in [6, 6.07) is 2.40. The summed E-state index contributed by atoms with van der Waals surface area (Å²) in [5, 5.41) is 0. The normalized spacial score (nSPS) is 9.89. The molecule has 0 saturated carbocycles. The van der Waals surface area contributed by atoms with E-state index in [1.807, 2.05) is 0 Å². The smallest absolute Gasteiger partial charge is 0.337 e. The van der Waals surface area contributed by atoms with Gasteiger partial charge in [0.2, 0.25) is 0 Å². The Hall–Kier alpha value is -1.63. The molecule has 104 valence electrons. The molecule has 0 bridgehead atoms. The van der Waals surface area contributed by atoms with E-state index in [1.165, 1.54) is 20.1 Å². The Balaban J connectivity index is 2.74. The van der Waals surface area contributed by atoms with Crippen LogP contribution in [-0.2, 0) is 14.3 Å². The molecule has 19 heavy (non-hydrogen) atoms. The third-order valence-corrected chi connectivity index (χ3v) is 2.64. The lowest BCUT2D eigenvalue weighted by Crippen LogP contribution is -2.11. The van der Waals surface area contributed by atoms with Crippen LogP contribution in [0, 0.1) is 5.82 Å². The minimum absolute atomic E-state index is 0.00662. The van der Waals surface area contributed by atoms with Gasteiger partial charge in [0.1, 0.15) is 13.2 Å². The van der Waals surface area contributed by atoms with Crippen molar-refractivity contribution in [3.05, 3.63) is 28.0 Å². The van der Waals surface area contributed by atoms with Gasteiger partial charge in [-0.3, -0.25) is 4.79 Å². The molecule has 0 radical (unpaired) electrons. The molecule has 0 heterocycles. The molecule has 0 unspecified atom stereocenters. The third-order valence-electron chi connectivity index (χ3n) is 2.05. The summed E-state index contributed by atoms with van der Waals surface area (Å²) in [6.45, 7) is 1.29. The fraction of sp³-hybridized carbons (Fsp3) is 0.333. The molecule has 0 aliphatic heterocycles. The fourth-order valence-electron chi connectivity index (χ4n) is 1.26. The molecule has 1 aromatic rings. The third kappa shape index (κ3) is 4.51. The standard InChI is InChI=1S/C12H12BrFO5/c1-7(15)18-3-4-19-11-9(13)5-8(6-10(11)14)12(16)17-2/h5-6H,3-4H2,1-2H3. The number of ether oxygens (including phenoxy) is 3. The Kier molecular flexibility index (Phi) is 5.75. The van der Waals surface area contributed by atoms with Gasteiger partial charge in [0.05, 0.1) is 17.1 Å². The maximum atomic E-state index is 13.7. The van der Waals surface area contributed by atoms with Gasteiger partial charge in [-0.15, -0.1) is 0 Å². The van der Waals surface area contributed by atoms with Gasteiger partial charge in [0.25, 0.3) is 0 Å². The molecule has 0 atom stereocenters. The molecule has 0 amide bonds. The van der Waals surface area contributed by atoms with Gasteiger partial charge < -0.3 is 14.2 Å². The number of halogens is 2. The van der Waals surface area contributed by atoms with Crippen LogP contribution in [0.15, 0.2) is 16.6 Å². The highest BCUT2D eigenvalue weighted by Crippen LogP contribution is 2.29. The van der Waals surface area contributed by atoms with Gasteiger partial charge in [-0.05, 0) is 28.1 Å². The van der Waals surface area contributed by atoms with Crippen LogP contribution in [0.3, 0.4) is 0 Å². The molecule has 0 spiro atoms. The number of esters is 2. The molecule has 7 heteroatoms. The lowest BCUT2D eigenvalue weighted by molar-refractivity contribution is -0.141. The van der Waals surface area contributed by atoms with E-state index in [-0.39, 0.29) is 29.0 Å². The van der Waals surface area contributed by atoms with Crippen molar-refractivity contribution in [3.63, 3.8) is 0 Å². The summed E-state index contributed by atoms with van der Waals surface area (Å²) in [5.74, 6) is -1.85. The lowest BCUT2D eigenvalue weighted by atomic mass is 10.2. The predicted molar refractivity (Wildman–Crippen MR) is 67.6 cm³/mol. The van der Waals surface area contributed by atoms with Gasteiger partial charge in [-0.25, -0.2) is 9.18 Å². The van der Waals surface area contributed by atoms with Crippen molar-refractivity contribution in [2.45, 2.75) is 6.92 Å². The van der Waals surface area contributed by atoms with Crippen LogP contribution in [0.2, 0.25) is 0 Å². The molecular formula is C12H12BrFO5. The van der Waals surface area contributed by atoms with Crippen LogP contribution in [0.25, 0.3) is 0 Å². The fourth-order valence-corrected chi connectivity index (χ4v) is 1.81. The zero-order valence-electron chi connectivity index (χ0n) is 10.4. The zero-order valence-corrected chi connectivity index (χ0v) is 12.0. The second-order valence-corrected chi connectivity index (χ2v) is 4.30. The van der Waals surface area contributed by atoms with Gasteiger partial charge in [-0.2, -0.15) is 0 Å². The monoisotopic (exact) mass is 334 g/mol. The minimum atomic E-state index is -0.711. The van der Waals surface area contributed by atoms with E-state index >= 15 is 0 Å². The van der Waals surface area contributed by atoms with E-state index < -0.39 is 17.8 Å². The van der Waals surface area contributed by atoms with E-state index in [1.54, 1.807) is 0 Å². The second-order valence-electron chi connectivity index (χ2n) is 3.45. The maximum absolute atomic E-state index is 13.7. The predicted octanol–water partition coefficient (Wildman–Crippen LogP) is 2.32. The van der Waals surface area contributed by atoms with Crippen LogP contribution in [0.4, 0.5) is 4.39 Å². The Morgan fingerprint density at radius 2 is 2.00 bits per heavy atom. The van der Waals surface area contributed by atoms with Gasteiger partial charge >= 0.3 is 11.9 Å². The molecule has 0 fully saturated rings. The second kappa shape index (κ2) is 7.08. The summed E-state index contributed by atoms with van der Waals surface area (Å²) in [5.41, 5.74) is 0.0687. The Morgan fingerprint density at radius 3 is 2.53 bits per heavy atom. The van der Waals surface area contributed by atoms with Crippen molar-refractivity contribution < 1.29 is 28.2 Å². The first kappa shape index (κ1) is 15.4. The number of rotatable bonds is 5. The minimum Gasteiger partial charge on any atom is -0.486 e. The van der Waals surface area contributed by atoms with Gasteiger partial charge in [0.15, 0.2) is 11.6 Å². The van der Waals surface area contributed by atoms with Crippen LogP contribution >= 0.6 is 15.9 Å². The summed E-state index contributed by atoms with van der Waals surface area (Å²) in [7, 11) is 1.21. The molecule has 0 aromatic heterocycles. The number of hydrogen-bond acceptors (Lipinski definition) is 5. The Labute approximate surface area is 117 Å². The first-order valence-corrected chi connectivity index (χ1v) is 6.08. The highest BCUT2D eigenvalue weighted by atomic mass is 79.9. The summed E-state index contributed by atoms with van der Waals surface area (Å²) >= 11 is 3.10. The number of methoxy groups -OCH3 is 1. The van der Waals surface area contributed by atoms with Crippen LogP contribution in [-0.4, -0.2) is 32.3 Å². The topological polar surface area (TPSA) is 61.8 Å². The van der Waals surface area contributed by atoms with Gasteiger partial charge in [0, 0.05) is 6.92 Å². The summed E-state index contributed by atoms with van der Waals surface area (Å²) in [6.07, 6.45) is 0. The Morgan fingerprint density at radius 1 is 1.32 bits per heavy atom. The van der Waals surface area contributed by atoms with Crippen molar-refractivity contribution >= 4 is 27.9 Å².